The van der Waals surface area contributed by atoms with Crippen LogP contribution in [0, 0.1) is 12.3 Å². The molecule has 1 aliphatic rings. The monoisotopic (exact) mass is 687 g/mol. The van der Waals surface area contributed by atoms with E-state index in [4.69, 9.17) is 44.1 Å². The molecule has 1 aromatic heterocycles. The average Bonchev–Trinajstić information content (AvgIpc) is 3.17. The molecule has 0 aromatic carbocycles. The van der Waals surface area contributed by atoms with E-state index in [1.807, 2.05) is 0 Å². The van der Waals surface area contributed by atoms with Crippen molar-refractivity contribution in [3.05, 3.63) is 28.6 Å². The van der Waals surface area contributed by atoms with Gasteiger partial charge in [-0.15, -0.1) is 0 Å². The van der Waals surface area contributed by atoms with E-state index in [9.17, 15) is 18.0 Å². The number of fused-ring (bicyclic) bond motifs is 1. The molecule has 1 aromatic rings. The van der Waals surface area contributed by atoms with Gasteiger partial charge < -0.3 is 39.5 Å². The number of hydrogen-bond donors (Lipinski definition) is 5. The van der Waals surface area contributed by atoms with Crippen LogP contribution < -0.4 is 45.9 Å². The number of nitrogens with zero attached hydrogens (tertiary/aromatic N) is 1. The minimum Gasteiger partial charge on any atom is -0.449 e. The zero-order chi connectivity index (χ0) is 32.9. The first-order valence-electron chi connectivity index (χ1n) is 14.6. The number of nitrogens with one attached hydrogen (secondary N) is 3. The summed E-state index contributed by atoms with van der Waals surface area (Å²) in [5.41, 5.74) is 7.94. The summed E-state index contributed by atoms with van der Waals surface area (Å²) in [6, 6.07) is 1.79. The fraction of sp³-hybridized carbons (Fsp3) is 0.704. The number of carbonyl (C=O) groups is 2. The van der Waals surface area contributed by atoms with Crippen LogP contribution in [0.4, 0.5) is 4.79 Å². The number of ether oxygens (including phenoxy) is 6. The van der Waals surface area contributed by atoms with Crippen LogP contribution in [0.15, 0.2) is 6.07 Å². The van der Waals surface area contributed by atoms with Crippen LogP contribution in [0.3, 0.4) is 0 Å². The normalized spacial score (nSPS) is 14.4. The largest absolute Gasteiger partial charge is 1.00 e. The minimum absolute atomic E-state index is 0. The van der Waals surface area contributed by atoms with Gasteiger partial charge in [0.05, 0.1) is 89.6 Å². The smallest absolute Gasteiger partial charge is 0.449 e. The Morgan fingerprint density at radius 2 is 1.52 bits per heavy atom. The van der Waals surface area contributed by atoms with E-state index in [1.165, 1.54) is 0 Å². The van der Waals surface area contributed by atoms with Crippen molar-refractivity contribution in [2.75, 3.05) is 85.8 Å². The van der Waals surface area contributed by atoms with Crippen molar-refractivity contribution < 1.29 is 86.1 Å². The molecule has 0 aliphatic heterocycles. The molecule has 0 spiro atoms. The third-order valence-electron chi connectivity index (χ3n) is 6.33. The molecule has 0 fully saturated rings. The molecule has 1 heterocycles. The van der Waals surface area contributed by atoms with Gasteiger partial charge in [0.2, 0.25) is 0 Å². The molecule has 0 saturated heterocycles. The molecular weight excluding hydrogens is 641 g/mol. The Labute approximate surface area is 293 Å². The average molecular weight is 688 g/mol. The van der Waals surface area contributed by atoms with E-state index in [-0.39, 0.29) is 69.9 Å². The molecular formula is C27H46N5NaO12S+2. The number of alkyl carbamates (subject to hydrolysis) is 1. The summed E-state index contributed by atoms with van der Waals surface area (Å²) in [4.78, 5) is 29.3. The molecule has 1 unspecified atom stereocenters. The number of aryl methyl sites for hydroxylation is 2. The number of nitrogens with two attached hydrogens (primary N) is 1. The van der Waals surface area contributed by atoms with E-state index in [0.29, 0.717) is 64.1 Å². The first-order valence-corrected chi connectivity index (χ1v) is 16.0. The van der Waals surface area contributed by atoms with Gasteiger partial charge in [0, 0.05) is 12.5 Å². The van der Waals surface area contributed by atoms with E-state index < -0.39 is 28.4 Å². The van der Waals surface area contributed by atoms with Gasteiger partial charge in [-0.2, -0.15) is 8.42 Å². The Bertz CT molecular complexity index is 1180. The molecule has 0 radical (unpaired) electrons. The Morgan fingerprint density at radius 1 is 0.978 bits per heavy atom. The van der Waals surface area contributed by atoms with Crippen LogP contribution in [0.1, 0.15) is 53.9 Å². The number of aromatic nitrogens is 1. The van der Waals surface area contributed by atoms with Gasteiger partial charge in [0.1, 0.15) is 6.61 Å². The predicted octanol–water partition coefficient (Wildman–Crippen LogP) is -2.43. The van der Waals surface area contributed by atoms with Crippen molar-refractivity contribution in [3.8, 4) is 0 Å². The molecule has 17 nitrogen and oxygen atoms in total. The van der Waals surface area contributed by atoms with Crippen molar-refractivity contribution in [1.82, 2.24) is 15.6 Å². The molecule has 256 valence electrons. The summed E-state index contributed by atoms with van der Waals surface area (Å²) >= 11 is 0. The van der Waals surface area contributed by atoms with Crippen LogP contribution in [-0.4, -0.2) is 122 Å². The van der Waals surface area contributed by atoms with Crippen LogP contribution in [0.2, 0.25) is 0 Å². The summed E-state index contributed by atoms with van der Waals surface area (Å²) in [6.07, 6.45) is 2.90. The maximum atomic E-state index is 12.4. The van der Waals surface area contributed by atoms with E-state index in [2.05, 4.69) is 19.8 Å². The molecule has 2 amide bonds. The molecule has 46 heavy (non-hydrogen) atoms. The molecule has 6 N–H and O–H groups in total. The Balaban J connectivity index is 0.0000106. The topological polar surface area (TPSA) is 240 Å². The van der Waals surface area contributed by atoms with Gasteiger partial charge in [-0.1, -0.05) is 6.42 Å². The van der Waals surface area contributed by atoms with Crippen LogP contribution in [-0.2, 0) is 49.4 Å². The van der Waals surface area contributed by atoms with E-state index >= 15 is 0 Å². The molecule has 1 aliphatic carbocycles. The Hall–Kier alpha value is -1.97. The summed E-state index contributed by atoms with van der Waals surface area (Å²) < 4.78 is 65.2. The quantitative estimate of drug-likeness (QED) is 0.0213. The SMILES string of the molecule is Cc1nc2c(cc1C(=O)NC(=N)N)CCCCC2COC(=O)NCCOCCOCCOCCOCCOCCOS(=O)(=O)O.[H+].[Na+]. The van der Waals surface area contributed by atoms with Crippen molar-refractivity contribution >= 4 is 28.4 Å². The zero-order valence-corrected chi connectivity index (χ0v) is 29.4. The van der Waals surface area contributed by atoms with Crippen molar-refractivity contribution in [1.29, 1.82) is 5.41 Å². The zero-order valence-electron chi connectivity index (χ0n) is 27.5. The molecule has 1 atom stereocenters. The van der Waals surface area contributed by atoms with Gasteiger partial charge in [0.15, 0.2) is 5.96 Å². The fourth-order valence-electron chi connectivity index (χ4n) is 4.28. The molecule has 0 saturated carbocycles. The van der Waals surface area contributed by atoms with Gasteiger partial charge in [-0.3, -0.25) is 25.1 Å². The first-order chi connectivity index (χ1) is 21.6. The number of pyridine rings is 1. The van der Waals surface area contributed by atoms with Crippen molar-refractivity contribution in [2.45, 2.75) is 38.5 Å². The van der Waals surface area contributed by atoms with Crippen molar-refractivity contribution in [2.24, 2.45) is 5.73 Å². The van der Waals surface area contributed by atoms with E-state index in [0.717, 1.165) is 36.9 Å². The predicted molar refractivity (Wildman–Crippen MR) is 161 cm³/mol. The van der Waals surface area contributed by atoms with E-state index in [1.54, 1.807) is 13.0 Å². The van der Waals surface area contributed by atoms with Crippen LogP contribution in [0.5, 0.6) is 0 Å². The second-order valence-electron chi connectivity index (χ2n) is 9.81. The number of guanidine groups is 1. The first kappa shape index (κ1) is 42.1. The number of rotatable bonds is 22. The second-order valence-corrected chi connectivity index (χ2v) is 10.9. The summed E-state index contributed by atoms with van der Waals surface area (Å²) in [5, 5.41) is 12.2. The third-order valence-corrected chi connectivity index (χ3v) is 6.80. The molecule has 2 rings (SSSR count). The maximum absolute atomic E-state index is 12.4. The molecule has 19 heteroatoms. The van der Waals surface area contributed by atoms with Gasteiger partial charge in [-0.05, 0) is 37.8 Å². The standard InChI is InChI=1S/C27H45N5O12S.Na/c1-20-23(25(33)32-26(28)29)18-21-4-2-3-5-22(24(21)31-20)19-43-27(34)30-6-7-38-8-9-39-10-11-40-12-13-41-14-15-42-16-17-44-45(35,36)37;/h18,22H,2-17,19H2,1H3,(H,30,34)(H,35,36,37)(H4,28,29,32,33);/q;+1/p+1. The summed E-state index contributed by atoms with van der Waals surface area (Å²) in [6.45, 7) is 4.97. The number of carbonyl (C=O) groups excluding carboxylic acids is 2. The van der Waals surface area contributed by atoms with Crippen molar-refractivity contribution in [3.63, 3.8) is 0 Å². The summed E-state index contributed by atoms with van der Waals surface area (Å²) in [7, 11) is -4.44. The maximum Gasteiger partial charge on any atom is 1.00 e. The van der Waals surface area contributed by atoms with Gasteiger partial charge >= 0.3 is 47.5 Å². The summed E-state index contributed by atoms with van der Waals surface area (Å²) in [5.74, 6) is -0.986. The minimum atomic E-state index is -4.44. The second kappa shape index (κ2) is 24.2. The van der Waals surface area contributed by atoms with Crippen LogP contribution >= 0.6 is 0 Å². The number of hydrogen-bond acceptors (Lipinski definition) is 13. The van der Waals surface area contributed by atoms with Crippen LogP contribution in [0.25, 0.3) is 0 Å². The van der Waals surface area contributed by atoms with Gasteiger partial charge in [0.25, 0.3) is 5.91 Å². The Kier molecular flexibility index (Phi) is 22.1. The third kappa shape index (κ3) is 19.0. The number of amides is 2. The molecule has 0 bridgehead atoms. The Morgan fingerprint density at radius 3 is 2.07 bits per heavy atom. The van der Waals surface area contributed by atoms with Gasteiger partial charge in [-0.25, -0.2) is 8.98 Å². The fourth-order valence-corrected chi connectivity index (χ4v) is 4.55.